The van der Waals surface area contributed by atoms with Crippen LogP contribution in [0.3, 0.4) is 0 Å². The van der Waals surface area contributed by atoms with E-state index >= 15 is 0 Å². The smallest absolute Gasteiger partial charge is 0.264 e. The van der Waals surface area contributed by atoms with Gasteiger partial charge in [-0.05, 0) is 48.0 Å². The number of hydrogen-bond donors (Lipinski definition) is 0. The van der Waals surface area contributed by atoms with Crippen LogP contribution in [0, 0.1) is 0 Å². The fourth-order valence-corrected chi connectivity index (χ4v) is 3.91. The summed E-state index contributed by atoms with van der Waals surface area (Å²) in [6.07, 6.45) is 3.32. The van der Waals surface area contributed by atoms with Crippen LogP contribution in [0.5, 0.6) is 5.75 Å². The number of pyridine rings is 1. The fourth-order valence-electron chi connectivity index (χ4n) is 2.44. The van der Waals surface area contributed by atoms with Crippen LogP contribution in [0.2, 0.25) is 0 Å². The minimum Gasteiger partial charge on any atom is -0.497 e. The van der Waals surface area contributed by atoms with Crippen molar-refractivity contribution < 1.29 is 13.2 Å². The van der Waals surface area contributed by atoms with Gasteiger partial charge in [0.1, 0.15) is 5.75 Å². The lowest BCUT2D eigenvalue weighted by molar-refractivity contribution is 0.415. The fraction of sp³-hybridized carbons (Fsp3) is 0.105. The Morgan fingerprint density at radius 1 is 0.960 bits per heavy atom. The molecule has 3 aromatic rings. The zero-order valence-corrected chi connectivity index (χ0v) is 14.6. The van der Waals surface area contributed by atoms with Gasteiger partial charge in [0.05, 0.1) is 24.2 Å². The van der Waals surface area contributed by atoms with Gasteiger partial charge in [-0.1, -0.05) is 24.3 Å². The van der Waals surface area contributed by atoms with Gasteiger partial charge in [-0.2, -0.15) is 0 Å². The van der Waals surface area contributed by atoms with Crippen molar-refractivity contribution >= 4 is 15.7 Å². The summed E-state index contributed by atoms with van der Waals surface area (Å²) in [5.74, 6) is 0.669. The summed E-state index contributed by atoms with van der Waals surface area (Å²) in [6.45, 7) is 0.192. The number of rotatable bonds is 6. The monoisotopic (exact) mass is 354 g/mol. The maximum atomic E-state index is 13.2. The lowest BCUT2D eigenvalue weighted by Gasteiger charge is -2.24. The van der Waals surface area contributed by atoms with Gasteiger partial charge < -0.3 is 4.74 Å². The highest BCUT2D eigenvalue weighted by molar-refractivity contribution is 7.92. The summed E-state index contributed by atoms with van der Waals surface area (Å²) in [7, 11) is -2.13. The van der Waals surface area contributed by atoms with Crippen molar-refractivity contribution in [3.05, 3.63) is 84.7 Å². The Bertz CT molecular complexity index is 912. The van der Waals surface area contributed by atoms with E-state index in [1.54, 1.807) is 80.2 Å². The number of benzene rings is 2. The molecular weight excluding hydrogens is 336 g/mol. The van der Waals surface area contributed by atoms with Gasteiger partial charge in [0, 0.05) is 12.4 Å². The van der Waals surface area contributed by atoms with E-state index in [-0.39, 0.29) is 11.4 Å². The van der Waals surface area contributed by atoms with Gasteiger partial charge in [-0.3, -0.25) is 9.29 Å². The minimum absolute atomic E-state index is 0.192. The van der Waals surface area contributed by atoms with Crippen LogP contribution in [0.15, 0.2) is 84.0 Å². The Morgan fingerprint density at radius 2 is 1.68 bits per heavy atom. The number of methoxy groups -OCH3 is 1. The molecule has 1 heterocycles. The first-order valence-electron chi connectivity index (χ1n) is 7.72. The summed E-state index contributed by atoms with van der Waals surface area (Å²) in [4.78, 5) is 4.32. The van der Waals surface area contributed by atoms with E-state index in [0.717, 1.165) is 5.56 Å². The normalized spacial score (nSPS) is 11.1. The molecule has 0 unspecified atom stereocenters. The van der Waals surface area contributed by atoms with E-state index in [4.69, 9.17) is 4.74 Å². The third-order valence-corrected chi connectivity index (χ3v) is 5.53. The number of hydrogen-bond acceptors (Lipinski definition) is 4. The highest BCUT2D eigenvalue weighted by Crippen LogP contribution is 2.27. The molecule has 0 saturated carbocycles. The molecule has 0 radical (unpaired) electrons. The molecule has 25 heavy (non-hydrogen) atoms. The van der Waals surface area contributed by atoms with Crippen molar-refractivity contribution in [2.45, 2.75) is 11.4 Å². The van der Waals surface area contributed by atoms with Crippen molar-refractivity contribution in [3.63, 3.8) is 0 Å². The number of nitrogens with zero attached hydrogens (tertiary/aromatic N) is 2. The molecule has 0 N–H and O–H groups in total. The summed E-state index contributed by atoms with van der Waals surface area (Å²) < 4.78 is 32.9. The maximum absolute atomic E-state index is 13.2. The van der Waals surface area contributed by atoms with Crippen molar-refractivity contribution in [1.29, 1.82) is 0 Å². The van der Waals surface area contributed by atoms with Gasteiger partial charge in [0.15, 0.2) is 0 Å². The molecular formula is C19H18N2O3S. The van der Waals surface area contributed by atoms with E-state index in [2.05, 4.69) is 4.98 Å². The predicted octanol–water partition coefficient (Wildman–Crippen LogP) is 3.49. The summed E-state index contributed by atoms with van der Waals surface area (Å²) in [5, 5.41) is 0. The highest BCUT2D eigenvalue weighted by atomic mass is 32.2. The predicted molar refractivity (Wildman–Crippen MR) is 97.0 cm³/mol. The van der Waals surface area contributed by atoms with Gasteiger partial charge in [0.2, 0.25) is 0 Å². The third kappa shape index (κ3) is 3.80. The Labute approximate surface area is 147 Å². The zero-order valence-electron chi connectivity index (χ0n) is 13.7. The highest BCUT2D eigenvalue weighted by Gasteiger charge is 2.25. The minimum atomic E-state index is -3.71. The second kappa shape index (κ2) is 7.36. The summed E-state index contributed by atoms with van der Waals surface area (Å²) >= 11 is 0. The number of ether oxygens (including phenoxy) is 1. The van der Waals surface area contributed by atoms with Crippen LogP contribution in [0.25, 0.3) is 0 Å². The van der Waals surface area contributed by atoms with Crippen LogP contribution in [0.4, 0.5) is 5.69 Å². The van der Waals surface area contributed by atoms with Crippen molar-refractivity contribution in [2.24, 2.45) is 0 Å². The Hall–Kier alpha value is -2.86. The summed E-state index contributed by atoms with van der Waals surface area (Å²) in [6, 6.07) is 19.0. The molecule has 3 rings (SSSR count). The first-order chi connectivity index (χ1) is 12.1. The second-order valence-corrected chi connectivity index (χ2v) is 7.25. The summed E-state index contributed by atoms with van der Waals surface area (Å²) in [5.41, 5.74) is 1.37. The standard InChI is InChI=1S/C19H18N2O3S/c1-24-18-11-9-17(10-12-18)21(15-16-6-5-13-20-14-16)25(22,23)19-7-3-2-4-8-19/h2-14H,15H2,1H3. The largest absolute Gasteiger partial charge is 0.497 e. The van der Waals surface area contributed by atoms with E-state index in [1.165, 1.54) is 4.31 Å². The molecule has 0 aliphatic heterocycles. The average Bonchev–Trinajstić information content (AvgIpc) is 2.67. The molecule has 0 atom stereocenters. The Kier molecular flexibility index (Phi) is 5.00. The van der Waals surface area contributed by atoms with Gasteiger partial charge in [-0.25, -0.2) is 8.42 Å². The van der Waals surface area contributed by atoms with Crippen LogP contribution in [-0.4, -0.2) is 20.5 Å². The van der Waals surface area contributed by atoms with Gasteiger partial charge in [0.25, 0.3) is 10.0 Å². The lowest BCUT2D eigenvalue weighted by atomic mass is 10.2. The van der Waals surface area contributed by atoms with Gasteiger partial charge >= 0.3 is 0 Å². The molecule has 0 fully saturated rings. The zero-order chi connectivity index (χ0) is 17.7. The van der Waals surface area contributed by atoms with Gasteiger partial charge in [-0.15, -0.1) is 0 Å². The quantitative estimate of drug-likeness (QED) is 0.680. The van der Waals surface area contributed by atoms with E-state index in [0.29, 0.717) is 11.4 Å². The molecule has 6 heteroatoms. The van der Waals surface area contributed by atoms with Crippen LogP contribution in [-0.2, 0) is 16.6 Å². The molecule has 5 nitrogen and oxygen atoms in total. The van der Waals surface area contributed by atoms with Crippen molar-refractivity contribution in [3.8, 4) is 5.75 Å². The molecule has 0 aliphatic rings. The molecule has 0 spiro atoms. The van der Waals surface area contributed by atoms with Crippen molar-refractivity contribution in [2.75, 3.05) is 11.4 Å². The maximum Gasteiger partial charge on any atom is 0.264 e. The Morgan fingerprint density at radius 3 is 2.28 bits per heavy atom. The molecule has 0 bridgehead atoms. The van der Waals surface area contributed by atoms with Crippen molar-refractivity contribution in [1.82, 2.24) is 4.98 Å². The molecule has 2 aromatic carbocycles. The topological polar surface area (TPSA) is 59.5 Å². The third-order valence-electron chi connectivity index (χ3n) is 3.74. The molecule has 0 saturated heterocycles. The second-order valence-electron chi connectivity index (χ2n) is 5.38. The molecule has 0 amide bonds. The SMILES string of the molecule is COc1ccc(N(Cc2cccnc2)S(=O)(=O)c2ccccc2)cc1. The first-order valence-corrected chi connectivity index (χ1v) is 9.16. The molecule has 1 aromatic heterocycles. The van der Waals surface area contributed by atoms with Crippen LogP contribution in [0.1, 0.15) is 5.56 Å². The number of anilines is 1. The van der Waals surface area contributed by atoms with Crippen LogP contribution >= 0.6 is 0 Å². The lowest BCUT2D eigenvalue weighted by Crippen LogP contribution is -2.30. The number of sulfonamides is 1. The first kappa shape index (κ1) is 17.0. The van der Waals surface area contributed by atoms with Crippen LogP contribution < -0.4 is 9.04 Å². The number of aromatic nitrogens is 1. The average molecular weight is 354 g/mol. The molecule has 0 aliphatic carbocycles. The Balaban J connectivity index is 2.05. The van der Waals surface area contributed by atoms with E-state index in [1.807, 2.05) is 6.07 Å². The molecule has 128 valence electrons. The van der Waals surface area contributed by atoms with E-state index in [9.17, 15) is 8.42 Å². The van der Waals surface area contributed by atoms with E-state index < -0.39 is 10.0 Å².